The van der Waals surface area contributed by atoms with Crippen molar-refractivity contribution in [2.45, 2.75) is 6.42 Å². The van der Waals surface area contributed by atoms with Crippen molar-refractivity contribution in [3.8, 4) is 0 Å². The Balaban J connectivity index is 1.93. The van der Waals surface area contributed by atoms with Crippen LogP contribution in [0, 0.1) is 0 Å². The highest BCUT2D eigenvalue weighted by molar-refractivity contribution is 5.73. The van der Waals surface area contributed by atoms with Crippen molar-refractivity contribution < 1.29 is 19.5 Å². The van der Waals surface area contributed by atoms with Crippen LogP contribution in [-0.2, 0) is 9.63 Å². The summed E-state index contributed by atoms with van der Waals surface area (Å²) in [4.78, 5) is 28.0. The fourth-order valence-corrected chi connectivity index (χ4v) is 1.64. The Kier molecular flexibility index (Phi) is 7.07. The van der Waals surface area contributed by atoms with Crippen molar-refractivity contribution in [3.05, 3.63) is 0 Å². The third-order valence-electron chi connectivity index (χ3n) is 2.51. The number of rotatable bonds is 7. The molecule has 104 valence electrons. The molecule has 0 saturated carbocycles. The Morgan fingerprint density at radius 2 is 2.06 bits per heavy atom. The minimum absolute atomic E-state index is 0.517. The summed E-state index contributed by atoms with van der Waals surface area (Å²) >= 11 is 0. The van der Waals surface area contributed by atoms with Gasteiger partial charge >= 0.3 is 12.0 Å². The lowest BCUT2D eigenvalue weighted by Gasteiger charge is -2.27. The number of carboxylic acid groups (broad SMARTS) is 1. The molecule has 8 heteroatoms. The van der Waals surface area contributed by atoms with Gasteiger partial charge in [0.2, 0.25) is 0 Å². The SMILES string of the molecule is O=C(O)CONC(=O)NCCCN1CCNCC1. The Hall–Kier alpha value is -1.38. The first kappa shape index (κ1) is 14.7. The molecule has 1 saturated heterocycles. The molecule has 2 amide bonds. The van der Waals surface area contributed by atoms with Crippen molar-refractivity contribution >= 4 is 12.0 Å². The Labute approximate surface area is 106 Å². The Morgan fingerprint density at radius 3 is 2.72 bits per heavy atom. The topological polar surface area (TPSA) is 103 Å². The molecule has 0 aromatic rings. The first-order chi connectivity index (χ1) is 8.68. The largest absolute Gasteiger partial charge is 0.479 e. The maximum Gasteiger partial charge on any atom is 0.338 e. The first-order valence-electron chi connectivity index (χ1n) is 5.99. The number of carbonyl (C=O) groups is 2. The van der Waals surface area contributed by atoms with Crippen LogP contribution in [0.3, 0.4) is 0 Å². The second-order valence-corrected chi connectivity index (χ2v) is 3.99. The van der Waals surface area contributed by atoms with E-state index in [0.717, 1.165) is 39.1 Å². The average Bonchev–Trinajstić information content (AvgIpc) is 2.35. The predicted octanol–water partition coefficient (Wildman–Crippen LogP) is -1.40. The van der Waals surface area contributed by atoms with E-state index in [-0.39, 0.29) is 0 Å². The van der Waals surface area contributed by atoms with E-state index in [1.807, 2.05) is 5.48 Å². The molecule has 8 nitrogen and oxygen atoms in total. The van der Waals surface area contributed by atoms with Gasteiger partial charge < -0.3 is 20.6 Å². The van der Waals surface area contributed by atoms with Crippen molar-refractivity contribution in [2.75, 3.05) is 45.9 Å². The van der Waals surface area contributed by atoms with Gasteiger partial charge in [-0.1, -0.05) is 0 Å². The van der Waals surface area contributed by atoms with E-state index < -0.39 is 18.6 Å². The number of nitrogens with zero attached hydrogens (tertiary/aromatic N) is 1. The van der Waals surface area contributed by atoms with Gasteiger partial charge in [-0.25, -0.2) is 15.1 Å². The van der Waals surface area contributed by atoms with E-state index in [9.17, 15) is 9.59 Å². The molecule has 4 N–H and O–H groups in total. The van der Waals surface area contributed by atoms with E-state index in [0.29, 0.717) is 6.54 Å². The van der Waals surface area contributed by atoms with Gasteiger partial charge in [0.15, 0.2) is 6.61 Å². The Bertz CT molecular complexity index is 269. The maximum atomic E-state index is 11.1. The minimum atomic E-state index is -1.13. The van der Waals surface area contributed by atoms with Crippen LogP contribution in [0.1, 0.15) is 6.42 Å². The highest BCUT2D eigenvalue weighted by Crippen LogP contribution is 1.93. The summed E-state index contributed by atoms with van der Waals surface area (Å²) in [5.74, 6) is -1.13. The van der Waals surface area contributed by atoms with Crippen molar-refractivity contribution in [3.63, 3.8) is 0 Å². The number of aliphatic carboxylic acids is 1. The summed E-state index contributed by atoms with van der Waals surface area (Å²) < 4.78 is 0. The van der Waals surface area contributed by atoms with E-state index in [2.05, 4.69) is 20.4 Å². The zero-order valence-electron chi connectivity index (χ0n) is 10.3. The number of hydrogen-bond donors (Lipinski definition) is 4. The highest BCUT2D eigenvalue weighted by atomic mass is 16.7. The summed E-state index contributed by atoms with van der Waals surface area (Å²) in [6.45, 7) is 5.02. The molecule has 0 spiro atoms. The number of urea groups is 1. The van der Waals surface area contributed by atoms with Crippen LogP contribution in [0.5, 0.6) is 0 Å². The lowest BCUT2D eigenvalue weighted by atomic mass is 10.3. The summed E-state index contributed by atoms with van der Waals surface area (Å²) in [6, 6.07) is -0.517. The van der Waals surface area contributed by atoms with Crippen LogP contribution < -0.4 is 16.1 Å². The van der Waals surface area contributed by atoms with Crippen LogP contribution in [0.15, 0.2) is 0 Å². The molecular weight excluding hydrogens is 240 g/mol. The molecule has 18 heavy (non-hydrogen) atoms. The van der Waals surface area contributed by atoms with Crippen molar-refractivity contribution in [1.29, 1.82) is 0 Å². The van der Waals surface area contributed by atoms with E-state index in [4.69, 9.17) is 5.11 Å². The molecular formula is C10H20N4O4. The lowest BCUT2D eigenvalue weighted by Crippen LogP contribution is -2.44. The predicted molar refractivity (Wildman–Crippen MR) is 64.0 cm³/mol. The van der Waals surface area contributed by atoms with Crippen LogP contribution in [0.4, 0.5) is 4.79 Å². The van der Waals surface area contributed by atoms with Gasteiger partial charge in [-0.2, -0.15) is 0 Å². The number of carbonyl (C=O) groups excluding carboxylic acids is 1. The monoisotopic (exact) mass is 260 g/mol. The maximum absolute atomic E-state index is 11.1. The highest BCUT2D eigenvalue weighted by Gasteiger charge is 2.08. The molecule has 0 unspecified atom stereocenters. The molecule has 0 aromatic heterocycles. The second kappa shape index (κ2) is 8.67. The summed E-state index contributed by atoms with van der Waals surface area (Å²) in [5, 5.41) is 14.1. The van der Waals surface area contributed by atoms with Gasteiger partial charge in [0.05, 0.1) is 0 Å². The second-order valence-electron chi connectivity index (χ2n) is 3.99. The molecule has 1 aliphatic heterocycles. The molecule has 1 fully saturated rings. The average molecular weight is 260 g/mol. The molecule has 0 aliphatic carbocycles. The number of carboxylic acids is 1. The fraction of sp³-hybridized carbons (Fsp3) is 0.800. The van der Waals surface area contributed by atoms with Gasteiger partial charge in [0.1, 0.15) is 0 Å². The molecule has 0 bridgehead atoms. The zero-order valence-corrected chi connectivity index (χ0v) is 10.3. The van der Waals surface area contributed by atoms with Gasteiger partial charge in [-0.3, -0.25) is 4.84 Å². The van der Waals surface area contributed by atoms with Crippen LogP contribution >= 0.6 is 0 Å². The molecule has 1 heterocycles. The van der Waals surface area contributed by atoms with E-state index >= 15 is 0 Å². The number of piperazine rings is 1. The fourth-order valence-electron chi connectivity index (χ4n) is 1.64. The molecule has 0 aromatic carbocycles. The normalized spacial score (nSPS) is 16.2. The first-order valence-corrected chi connectivity index (χ1v) is 5.99. The number of hydroxylamine groups is 1. The number of hydrogen-bond acceptors (Lipinski definition) is 5. The zero-order chi connectivity index (χ0) is 13.2. The van der Waals surface area contributed by atoms with Gasteiger partial charge in [0, 0.05) is 32.7 Å². The molecule has 0 radical (unpaired) electrons. The van der Waals surface area contributed by atoms with E-state index in [1.54, 1.807) is 0 Å². The van der Waals surface area contributed by atoms with Crippen LogP contribution in [0.25, 0.3) is 0 Å². The number of amides is 2. The van der Waals surface area contributed by atoms with Gasteiger partial charge in [-0.15, -0.1) is 0 Å². The summed E-state index contributed by atoms with van der Waals surface area (Å²) in [5.41, 5.74) is 2.00. The summed E-state index contributed by atoms with van der Waals surface area (Å²) in [7, 11) is 0. The van der Waals surface area contributed by atoms with Crippen molar-refractivity contribution in [1.82, 2.24) is 21.0 Å². The molecule has 1 rings (SSSR count). The molecule has 0 atom stereocenters. The molecule has 1 aliphatic rings. The summed E-state index contributed by atoms with van der Waals surface area (Å²) in [6.07, 6.45) is 0.854. The third-order valence-corrected chi connectivity index (χ3v) is 2.51. The van der Waals surface area contributed by atoms with Crippen molar-refractivity contribution in [2.24, 2.45) is 0 Å². The Morgan fingerprint density at radius 1 is 1.33 bits per heavy atom. The lowest BCUT2D eigenvalue weighted by molar-refractivity contribution is -0.144. The van der Waals surface area contributed by atoms with Gasteiger partial charge in [-0.05, 0) is 13.0 Å². The van der Waals surface area contributed by atoms with Crippen LogP contribution in [0.2, 0.25) is 0 Å². The van der Waals surface area contributed by atoms with Gasteiger partial charge in [0.25, 0.3) is 0 Å². The minimum Gasteiger partial charge on any atom is -0.479 e. The smallest absolute Gasteiger partial charge is 0.338 e. The van der Waals surface area contributed by atoms with E-state index in [1.165, 1.54) is 0 Å². The van der Waals surface area contributed by atoms with Crippen LogP contribution in [-0.4, -0.2) is 67.9 Å². The standard InChI is InChI=1S/C10H20N4O4/c15-9(16)8-18-13-10(17)12-2-1-5-14-6-3-11-4-7-14/h11H,1-8H2,(H,15,16)(H2,12,13,17). The number of nitrogens with one attached hydrogen (secondary N) is 3. The quantitative estimate of drug-likeness (QED) is 0.331. The third kappa shape index (κ3) is 7.05.